The summed E-state index contributed by atoms with van der Waals surface area (Å²) in [5.41, 5.74) is -0.0814. The van der Waals surface area contributed by atoms with Gasteiger partial charge in [0.25, 0.3) is 0 Å². The van der Waals surface area contributed by atoms with Gasteiger partial charge in [0.05, 0.1) is 24.1 Å². The summed E-state index contributed by atoms with van der Waals surface area (Å²) in [5, 5.41) is 0. The van der Waals surface area contributed by atoms with Crippen LogP contribution in [0.25, 0.3) is 0 Å². The van der Waals surface area contributed by atoms with Gasteiger partial charge in [-0.15, -0.1) is 0 Å². The van der Waals surface area contributed by atoms with Crippen LogP contribution in [0.5, 0.6) is 0 Å². The molecule has 0 aromatic heterocycles. The summed E-state index contributed by atoms with van der Waals surface area (Å²) in [7, 11) is -3.85. The van der Waals surface area contributed by atoms with Crippen molar-refractivity contribution in [3.05, 3.63) is 29.8 Å². The van der Waals surface area contributed by atoms with E-state index < -0.39 is 33.2 Å². The van der Waals surface area contributed by atoms with Crippen LogP contribution in [0.4, 0.5) is 5.69 Å². The molecule has 0 saturated carbocycles. The Morgan fingerprint density at radius 3 is 2.29 bits per heavy atom. The van der Waals surface area contributed by atoms with Gasteiger partial charge in [-0.25, -0.2) is 17.5 Å². The third-order valence-electron chi connectivity index (χ3n) is 3.79. The van der Waals surface area contributed by atoms with Gasteiger partial charge in [0.2, 0.25) is 15.9 Å². The highest BCUT2D eigenvalue weighted by molar-refractivity contribution is 7.92. The first kappa shape index (κ1) is 20.2. The first-order valence-electron chi connectivity index (χ1n) is 7.71. The van der Waals surface area contributed by atoms with Crippen LogP contribution < -0.4 is 4.31 Å². The first-order valence-corrected chi connectivity index (χ1v) is 9.55. The minimum atomic E-state index is -3.85. The zero-order chi connectivity index (χ0) is 18.7. The van der Waals surface area contributed by atoms with E-state index in [9.17, 15) is 18.0 Å². The normalized spacial score (nSPS) is 13.2. The van der Waals surface area contributed by atoms with Gasteiger partial charge in [0, 0.05) is 5.92 Å². The molecular weight excluding hydrogens is 330 g/mol. The van der Waals surface area contributed by atoms with Crippen molar-refractivity contribution in [3.8, 4) is 0 Å². The predicted octanol–water partition coefficient (Wildman–Crippen LogP) is 2.84. The Balaban J connectivity index is 3.37. The molecule has 1 amide bonds. The molecule has 0 spiro atoms. The van der Waals surface area contributed by atoms with E-state index in [1.807, 2.05) is 20.8 Å². The largest absolute Gasteiger partial charge is 0.462 e. The molecule has 0 aliphatic heterocycles. The van der Waals surface area contributed by atoms with E-state index in [2.05, 4.69) is 0 Å². The number of hydrogen-bond acceptors (Lipinski definition) is 5. The summed E-state index contributed by atoms with van der Waals surface area (Å²) in [6, 6.07) is 5.87. The van der Waals surface area contributed by atoms with Crippen LogP contribution in [0.2, 0.25) is 0 Å². The summed E-state index contributed by atoms with van der Waals surface area (Å²) >= 11 is 0. The smallest absolute Gasteiger partial charge is 0.338 e. The number of sulfonamides is 1. The molecule has 0 bridgehead atoms. The number of amides is 1. The number of carbonyl (C=O) groups excluding carboxylic acids is 2. The summed E-state index contributed by atoms with van der Waals surface area (Å²) in [5.74, 6) is -1.63. The van der Waals surface area contributed by atoms with E-state index in [-0.39, 0.29) is 17.9 Å². The topological polar surface area (TPSA) is 80.8 Å². The second kappa shape index (κ2) is 7.34. The fourth-order valence-corrected chi connectivity index (χ4v) is 2.98. The van der Waals surface area contributed by atoms with Crippen molar-refractivity contribution in [3.63, 3.8) is 0 Å². The van der Waals surface area contributed by atoms with Crippen molar-refractivity contribution in [1.29, 1.82) is 0 Å². The molecule has 0 saturated heterocycles. The van der Waals surface area contributed by atoms with Crippen LogP contribution in [0.3, 0.4) is 0 Å². The lowest BCUT2D eigenvalue weighted by Crippen LogP contribution is -2.43. The lowest BCUT2D eigenvalue weighted by molar-refractivity contribution is -0.123. The van der Waals surface area contributed by atoms with Crippen LogP contribution >= 0.6 is 0 Å². The summed E-state index contributed by atoms with van der Waals surface area (Å²) in [6.07, 6.45) is 0.970. The molecule has 1 aromatic rings. The predicted molar refractivity (Wildman–Crippen MR) is 93.3 cm³/mol. The maximum absolute atomic E-state index is 12.8. The fraction of sp³-hybridized carbons (Fsp3) is 0.529. The molecule has 0 aliphatic carbocycles. The minimum absolute atomic E-state index is 0.129. The maximum atomic E-state index is 12.8. The molecule has 1 rings (SSSR count). The van der Waals surface area contributed by atoms with Gasteiger partial charge in [-0.05, 0) is 30.5 Å². The van der Waals surface area contributed by atoms with Gasteiger partial charge in [-0.2, -0.15) is 0 Å². The first-order chi connectivity index (χ1) is 10.9. The van der Waals surface area contributed by atoms with Gasteiger partial charge in [-0.1, -0.05) is 33.8 Å². The number of benzene rings is 1. The number of rotatable bonds is 5. The molecule has 0 N–H and O–H groups in total. The van der Waals surface area contributed by atoms with E-state index in [1.165, 1.54) is 24.3 Å². The Morgan fingerprint density at radius 2 is 1.83 bits per heavy atom. The molecule has 134 valence electrons. The molecule has 7 heteroatoms. The Morgan fingerprint density at radius 1 is 1.25 bits per heavy atom. The number of anilines is 1. The average molecular weight is 355 g/mol. The van der Waals surface area contributed by atoms with Crippen molar-refractivity contribution < 1.29 is 22.7 Å². The molecule has 0 aliphatic rings. The lowest BCUT2D eigenvalue weighted by Gasteiger charge is -2.31. The van der Waals surface area contributed by atoms with Crippen molar-refractivity contribution in [2.24, 2.45) is 11.3 Å². The van der Waals surface area contributed by atoms with Crippen LogP contribution in [0.1, 0.15) is 45.0 Å². The monoisotopic (exact) mass is 355 g/mol. The molecule has 0 radical (unpaired) electrons. The van der Waals surface area contributed by atoms with Crippen molar-refractivity contribution in [2.75, 3.05) is 17.2 Å². The number of ether oxygens (including phenoxy) is 1. The molecule has 24 heavy (non-hydrogen) atoms. The standard InChI is InChI=1S/C17H25NO5S/c1-7-23-16(20)13-9-8-10-14(11-13)18(24(6,21)22)15(19)12(2)17(3,4)5/h8-12H,7H2,1-6H3. The number of hydrogen-bond donors (Lipinski definition) is 0. The highest BCUT2D eigenvalue weighted by Gasteiger charge is 2.35. The van der Waals surface area contributed by atoms with E-state index in [0.717, 1.165) is 10.6 Å². The molecule has 1 aromatic carbocycles. The Hall–Kier alpha value is -1.89. The van der Waals surface area contributed by atoms with Crippen LogP contribution in [-0.2, 0) is 19.6 Å². The second-order valence-electron chi connectivity index (χ2n) is 6.72. The van der Waals surface area contributed by atoms with Gasteiger partial charge < -0.3 is 4.74 Å². The van der Waals surface area contributed by atoms with E-state index in [0.29, 0.717) is 0 Å². The molecular formula is C17H25NO5S. The van der Waals surface area contributed by atoms with Crippen molar-refractivity contribution in [2.45, 2.75) is 34.6 Å². The van der Waals surface area contributed by atoms with Gasteiger partial charge in [-0.3, -0.25) is 4.79 Å². The second-order valence-corrected chi connectivity index (χ2v) is 8.56. The van der Waals surface area contributed by atoms with E-state index in [4.69, 9.17) is 4.74 Å². The summed E-state index contributed by atoms with van der Waals surface area (Å²) in [4.78, 5) is 24.6. The van der Waals surface area contributed by atoms with Crippen LogP contribution in [0, 0.1) is 11.3 Å². The third kappa shape index (κ3) is 4.80. The van der Waals surface area contributed by atoms with E-state index in [1.54, 1.807) is 13.8 Å². The molecule has 0 heterocycles. The molecule has 6 nitrogen and oxygen atoms in total. The number of nitrogens with zero attached hydrogens (tertiary/aromatic N) is 1. The number of carbonyl (C=O) groups is 2. The fourth-order valence-electron chi connectivity index (χ4n) is 2.00. The quantitative estimate of drug-likeness (QED) is 0.759. The zero-order valence-electron chi connectivity index (χ0n) is 15.0. The molecule has 1 atom stereocenters. The van der Waals surface area contributed by atoms with Crippen LogP contribution in [0.15, 0.2) is 24.3 Å². The Labute approximate surface area is 143 Å². The number of esters is 1. The minimum Gasteiger partial charge on any atom is -0.462 e. The third-order valence-corrected chi connectivity index (χ3v) is 4.85. The van der Waals surface area contributed by atoms with Gasteiger partial charge >= 0.3 is 5.97 Å². The average Bonchev–Trinajstić information content (AvgIpc) is 2.44. The molecule has 0 fully saturated rings. The highest BCUT2D eigenvalue weighted by Crippen LogP contribution is 2.30. The van der Waals surface area contributed by atoms with Crippen molar-refractivity contribution >= 4 is 27.6 Å². The molecule has 1 unspecified atom stereocenters. The highest BCUT2D eigenvalue weighted by atomic mass is 32.2. The van der Waals surface area contributed by atoms with Crippen LogP contribution in [-0.4, -0.2) is 33.2 Å². The van der Waals surface area contributed by atoms with Crippen molar-refractivity contribution in [1.82, 2.24) is 0 Å². The Bertz CT molecular complexity index is 719. The van der Waals surface area contributed by atoms with Gasteiger partial charge in [0.1, 0.15) is 0 Å². The maximum Gasteiger partial charge on any atom is 0.338 e. The lowest BCUT2D eigenvalue weighted by atomic mass is 9.81. The van der Waals surface area contributed by atoms with E-state index >= 15 is 0 Å². The SMILES string of the molecule is CCOC(=O)c1cccc(N(C(=O)C(C)C(C)(C)C)S(C)(=O)=O)c1. The van der Waals surface area contributed by atoms with Gasteiger partial charge in [0.15, 0.2) is 0 Å². The summed E-state index contributed by atoms with van der Waals surface area (Å²) in [6.45, 7) is 9.18. The Kier molecular flexibility index (Phi) is 6.16. The summed E-state index contributed by atoms with van der Waals surface area (Å²) < 4.78 is 30.1. The zero-order valence-corrected chi connectivity index (χ0v) is 15.8.